The lowest BCUT2D eigenvalue weighted by molar-refractivity contribution is -0.122. The van der Waals surface area contributed by atoms with Crippen LogP contribution in [0.2, 0.25) is 0 Å². The molecule has 1 aromatic carbocycles. The Hall–Kier alpha value is -2.83. The molecule has 2 amide bonds. The minimum Gasteiger partial charge on any atom is -0.506 e. The van der Waals surface area contributed by atoms with E-state index < -0.39 is 22.8 Å². The van der Waals surface area contributed by atoms with Crippen LogP contribution in [0.5, 0.6) is 5.75 Å². The Kier molecular flexibility index (Phi) is 8.04. The maximum atomic E-state index is 12.4. The molecule has 28 heavy (non-hydrogen) atoms. The van der Waals surface area contributed by atoms with E-state index in [0.29, 0.717) is 17.3 Å². The highest BCUT2D eigenvalue weighted by molar-refractivity contribution is 6.02. The number of hydrogen-bond donors (Lipinski definition) is 3. The van der Waals surface area contributed by atoms with Gasteiger partial charge in [0.25, 0.3) is 11.5 Å². The first-order valence-corrected chi connectivity index (χ1v) is 9.87. The highest BCUT2D eigenvalue weighted by atomic mass is 16.3. The predicted molar refractivity (Wildman–Crippen MR) is 109 cm³/mol. The van der Waals surface area contributed by atoms with Crippen molar-refractivity contribution in [1.29, 1.82) is 0 Å². The van der Waals surface area contributed by atoms with Gasteiger partial charge in [-0.05, 0) is 18.6 Å². The first-order chi connectivity index (χ1) is 13.5. The second-order valence-corrected chi connectivity index (χ2v) is 6.98. The number of carbonyl (C=O) groups is 2. The molecular formula is C21H29N3O4. The van der Waals surface area contributed by atoms with Gasteiger partial charge in [0.15, 0.2) is 0 Å². The lowest BCUT2D eigenvalue weighted by Crippen LogP contribution is -2.43. The summed E-state index contributed by atoms with van der Waals surface area (Å²) in [6.45, 7) is 2.17. The molecule has 0 radical (unpaired) electrons. The van der Waals surface area contributed by atoms with Crippen molar-refractivity contribution in [2.24, 2.45) is 7.05 Å². The third kappa shape index (κ3) is 5.34. The molecule has 0 unspecified atom stereocenters. The fourth-order valence-corrected chi connectivity index (χ4v) is 3.18. The molecule has 0 spiro atoms. The van der Waals surface area contributed by atoms with Crippen molar-refractivity contribution in [3.63, 3.8) is 0 Å². The van der Waals surface area contributed by atoms with Gasteiger partial charge in [0.05, 0.1) is 5.52 Å². The Balaban J connectivity index is 1.90. The van der Waals surface area contributed by atoms with Crippen LogP contribution in [0.1, 0.15) is 68.6 Å². The third-order valence-corrected chi connectivity index (χ3v) is 4.83. The van der Waals surface area contributed by atoms with Gasteiger partial charge >= 0.3 is 0 Å². The maximum Gasteiger partial charge on any atom is 0.279 e. The molecule has 0 aliphatic carbocycles. The summed E-state index contributed by atoms with van der Waals surface area (Å²) in [7, 11) is 1.53. The zero-order valence-corrected chi connectivity index (χ0v) is 16.6. The van der Waals surface area contributed by atoms with Crippen molar-refractivity contribution in [2.75, 3.05) is 0 Å². The van der Waals surface area contributed by atoms with E-state index in [4.69, 9.17) is 0 Å². The minimum absolute atomic E-state index is 0.301. The quantitative estimate of drug-likeness (QED) is 0.454. The number of hydrazine groups is 1. The van der Waals surface area contributed by atoms with E-state index in [1.54, 1.807) is 24.3 Å². The van der Waals surface area contributed by atoms with E-state index in [1.165, 1.54) is 37.3 Å². The van der Waals surface area contributed by atoms with E-state index in [2.05, 4.69) is 17.8 Å². The first-order valence-electron chi connectivity index (χ1n) is 9.87. The van der Waals surface area contributed by atoms with Crippen LogP contribution in [-0.2, 0) is 11.8 Å². The van der Waals surface area contributed by atoms with E-state index in [-0.39, 0.29) is 5.91 Å². The van der Waals surface area contributed by atoms with Gasteiger partial charge in [-0.25, -0.2) is 0 Å². The van der Waals surface area contributed by atoms with E-state index in [0.717, 1.165) is 19.3 Å². The second-order valence-electron chi connectivity index (χ2n) is 6.98. The van der Waals surface area contributed by atoms with Crippen molar-refractivity contribution in [3.05, 3.63) is 40.2 Å². The number of unbranched alkanes of at least 4 members (excludes halogenated alkanes) is 6. The number of nitrogens with zero attached hydrogens (tertiary/aromatic N) is 1. The van der Waals surface area contributed by atoms with Gasteiger partial charge < -0.3 is 9.67 Å². The average Bonchev–Trinajstić information content (AvgIpc) is 2.70. The van der Waals surface area contributed by atoms with Crippen LogP contribution in [0.4, 0.5) is 0 Å². The number of benzene rings is 1. The van der Waals surface area contributed by atoms with E-state index >= 15 is 0 Å². The Morgan fingerprint density at radius 1 is 1.00 bits per heavy atom. The molecular weight excluding hydrogens is 358 g/mol. The summed E-state index contributed by atoms with van der Waals surface area (Å²) in [6.07, 6.45) is 7.97. The zero-order valence-electron chi connectivity index (χ0n) is 16.6. The Bertz CT molecular complexity index is 889. The summed E-state index contributed by atoms with van der Waals surface area (Å²) in [6, 6.07) is 6.76. The number of nitrogens with one attached hydrogen (secondary N) is 2. The smallest absolute Gasteiger partial charge is 0.279 e. The molecule has 2 rings (SSSR count). The predicted octanol–water partition coefficient (Wildman–Crippen LogP) is 3.15. The topological polar surface area (TPSA) is 100 Å². The standard InChI is InChI=1S/C21H29N3O4/c1-3-4-5-6-7-8-9-14-17(25)22-23-20(27)18-19(26)15-12-10-11-13-16(15)24(2)21(18)28/h10-13,26H,3-9,14H2,1-2H3,(H,22,25)(H,23,27). The molecule has 3 N–H and O–H groups in total. The molecule has 0 saturated carbocycles. The molecule has 0 aliphatic rings. The largest absolute Gasteiger partial charge is 0.506 e. The molecule has 0 atom stereocenters. The summed E-state index contributed by atoms with van der Waals surface area (Å²) in [5, 5.41) is 10.8. The number of aromatic nitrogens is 1. The van der Waals surface area contributed by atoms with Gasteiger partial charge in [-0.2, -0.15) is 0 Å². The highest BCUT2D eigenvalue weighted by Gasteiger charge is 2.21. The Morgan fingerprint density at radius 3 is 2.36 bits per heavy atom. The number of para-hydroxylation sites is 1. The fraction of sp³-hybridized carbons (Fsp3) is 0.476. The number of hydrogen-bond acceptors (Lipinski definition) is 4. The number of rotatable bonds is 9. The molecule has 0 saturated heterocycles. The molecule has 2 aromatic rings. The summed E-state index contributed by atoms with van der Waals surface area (Å²) >= 11 is 0. The summed E-state index contributed by atoms with van der Waals surface area (Å²) in [4.78, 5) is 36.7. The van der Waals surface area contributed by atoms with Gasteiger partial charge in [0.1, 0.15) is 11.3 Å². The molecule has 0 fully saturated rings. The molecule has 152 valence electrons. The van der Waals surface area contributed by atoms with Crippen molar-refractivity contribution in [3.8, 4) is 5.75 Å². The number of pyridine rings is 1. The highest BCUT2D eigenvalue weighted by Crippen LogP contribution is 2.25. The van der Waals surface area contributed by atoms with Gasteiger partial charge in [-0.3, -0.25) is 25.2 Å². The fourth-order valence-electron chi connectivity index (χ4n) is 3.18. The maximum absolute atomic E-state index is 12.4. The van der Waals surface area contributed by atoms with Crippen LogP contribution in [0.25, 0.3) is 10.9 Å². The summed E-state index contributed by atoms with van der Waals surface area (Å²) < 4.78 is 1.30. The van der Waals surface area contributed by atoms with Crippen molar-refractivity contribution >= 4 is 22.7 Å². The normalized spacial score (nSPS) is 10.8. The molecule has 7 nitrogen and oxygen atoms in total. The lowest BCUT2D eigenvalue weighted by atomic mass is 10.1. The van der Waals surface area contributed by atoms with Crippen LogP contribution in [0.3, 0.4) is 0 Å². The zero-order chi connectivity index (χ0) is 20.5. The number of aromatic hydroxyl groups is 1. The Morgan fingerprint density at radius 2 is 1.64 bits per heavy atom. The second kappa shape index (κ2) is 10.5. The van der Waals surface area contributed by atoms with Crippen LogP contribution < -0.4 is 16.4 Å². The van der Waals surface area contributed by atoms with Crippen LogP contribution in [-0.4, -0.2) is 21.5 Å². The lowest BCUT2D eigenvalue weighted by Gasteiger charge is -2.12. The molecule has 1 aromatic heterocycles. The summed E-state index contributed by atoms with van der Waals surface area (Å²) in [5.74, 6) is -1.55. The van der Waals surface area contributed by atoms with Gasteiger partial charge in [-0.15, -0.1) is 0 Å². The first kappa shape index (κ1) is 21.5. The van der Waals surface area contributed by atoms with Crippen LogP contribution in [0.15, 0.2) is 29.1 Å². The molecule has 1 heterocycles. The van der Waals surface area contributed by atoms with Crippen molar-refractivity contribution in [1.82, 2.24) is 15.4 Å². The SMILES string of the molecule is CCCCCCCCCC(=O)NNC(=O)c1c(O)c2ccccc2n(C)c1=O. The van der Waals surface area contributed by atoms with Crippen molar-refractivity contribution in [2.45, 2.75) is 58.3 Å². The molecule has 0 aliphatic heterocycles. The van der Waals surface area contributed by atoms with Gasteiger partial charge in [-0.1, -0.05) is 57.6 Å². The van der Waals surface area contributed by atoms with E-state index in [1.807, 2.05) is 0 Å². The van der Waals surface area contributed by atoms with Gasteiger partial charge in [0.2, 0.25) is 5.91 Å². The van der Waals surface area contributed by atoms with Gasteiger partial charge in [0, 0.05) is 18.9 Å². The van der Waals surface area contributed by atoms with E-state index in [9.17, 15) is 19.5 Å². The minimum atomic E-state index is -0.836. The number of fused-ring (bicyclic) bond motifs is 1. The van der Waals surface area contributed by atoms with Crippen LogP contribution >= 0.6 is 0 Å². The summed E-state index contributed by atoms with van der Waals surface area (Å²) in [5.41, 5.74) is 4.04. The van der Waals surface area contributed by atoms with Crippen LogP contribution in [0, 0.1) is 0 Å². The number of carbonyl (C=O) groups excluding carboxylic acids is 2. The average molecular weight is 387 g/mol. The van der Waals surface area contributed by atoms with Crippen molar-refractivity contribution < 1.29 is 14.7 Å². The number of aryl methyl sites for hydroxylation is 1. The molecule has 7 heteroatoms. The third-order valence-electron chi connectivity index (χ3n) is 4.83. The monoisotopic (exact) mass is 387 g/mol. The molecule has 0 bridgehead atoms. The number of amides is 2. The Labute approximate surface area is 164 Å².